The van der Waals surface area contributed by atoms with E-state index in [0.29, 0.717) is 17.9 Å². The lowest BCUT2D eigenvalue weighted by molar-refractivity contribution is -0.151. The van der Waals surface area contributed by atoms with E-state index < -0.39 is 0 Å². The number of ketones is 1. The van der Waals surface area contributed by atoms with Gasteiger partial charge in [0.15, 0.2) is 6.29 Å². The molecule has 0 rings (SSSR count). The van der Waals surface area contributed by atoms with Gasteiger partial charge in [-0.05, 0) is 6.42 Å². The second-order valence-corrected chi connectivity index (χ2v) is 4.45. The molecule has 4 nitrogen and oxygen atoms in total. The zero-order chi connectivity index (χ0) is 12.4. The topological polar surface area (TPSA) is 55.8 Å². The Morgan fingerprint density at radius 1 is 1.44 bits per heavy atom. The fraction of sp³-hybridized carbons (Fsp3) is 0.909. The molecule has 0 aromatic carbocycles. The first-order chi connectivity index (χ1) is 7.67. The zero-order valence-corrected chi connectivity index (χ0v) is 11.1. The molecule has 96 valence electrons. The van der Waals surface area contributed by atoms with Crippen LogP contribution in [0.4, 0.5) is 0 Å². The molecule has 0 spiro atoms. The summed E-state index contributed by atoms with van der Waals surface area (Å²) in [6.45, 7) is 3.79. The summed E-state index contributed by atoms with van der Waals surface area (Å²) in [5, 5.41) is 8.98. The molecule has 0 bridgehead atoms. The van der Waals surface area contributed by atoms with Gasteiger partial charge < -0.3 is 14.6 Å². The second kappa shape index (κ2) is 10.1. The fourth-order valence-corrected chi connectivity index (χ4v) is 1.97. The molecule has 2 unspecified atom stereocenters. The van der Waals surface area contributed by atoms with Crippen LogP contribution in [0.5, 0.6) is 0 Å². The summed E-state index contributed by atoms with van der Waals surface area (Å²) in [6.07, 6.45) is 0.772. The monoisotopic (exact) mass is 250 g/mol. The first-order valence-electron chi connectivity index (χ1n) is 5.56. The summed E-state index contributed by atoms with van der Waals surface area (Å²) in [7, 11) is 1.57. The molecule has 0 aromatic heterocycles. The van der Waals surface area contributed by atoms with Crippen LogP contribution in [0.2, 0.25) is 0 Å². The van der Waals surface area contributed by atoms with E-state index in [0.717, 1.165) is 6.42 Å². The van der Waals surface area contributed by atoms with E-state index >= 15 is 0 Å². The normalized spacial score (nSPS) is 14.8. The van der Waals surface area contributed by atoms with Crippen molar-refractivity contribution in [2.45, 2.75) is 39.1 Å². The Balaban J connectivity index is 3.78. The van der Waals surface area contributed by atoms with Gasteiger partial charge in [0, 0.05) is 19.3 Å². The summed E-state index contributed by atoms with van der Waals surface area (Å²) in [6, 6.07) is 0. The number of Topliss-reactive ketones (excluding diaryl/α,β-unsaturated/α-hetero) is 1. The third-order valence-corrected chi connectivity index (χ3v) is 3.21. The number of aliphatic hydroxyl groups is 1. The number of methoxy groups -OCH3 is 1. The molecule has 0 aliphatic heterocycles. The van der Waals surface area contributed by atoms with Crippen LogP contribution in [0.1, 0.15) is 26.7 Å². The van der Waals surface area contributed by atoms with Crippen LogP contribution in [-0.2, 0) is 14.3 Å². The molecular formula is C11H22O4S. The van der Waals surface area contributed by atoms with Crippen molar-refractivity contribution < 1.29 is 19.4 Å². The molecule has 16 heavy (non-hydrogen) atoms. The Hall–Kier alpha value is -0.100. The summed E-state index contributed by atoms with van der Waals surface area (Å²) < 4.78 is 10.6. The van der Waals surface area contributed by atoms with Crippen molar-refractivity contribution in [3.8, 4) is 0 Å². The summed E-state index contributed by atoms with van der Waals surface area (Å²) in [5.74, 6) is 1.34. The van der Waals surface area contributed by atoms with Crippen molar-refractivity contribution in [3.63, 3.8) is 0 Å². The van der Waals surface area contributed by atoms with Gasteiger partial charge in [-0.25, -0.2) is 0 Å². The van der Waals surface area contributed by atoms with E-state index in [4.69, 9.17) is 14.6 Å². The van der Waals surface area contributed by atoms with E-state index in [1.807, 2.05) is 13.8 Å². The largest absolute Gasteiger partial charge is 0.394 e. The predicted octanol–water partition coefficient (Wildman–Crippen LogP) is 1.46. The number of thioether (sulfide) groups is 1. The SMILES string of the molecule is CCC(=O)CSCC(OC)OC(CC)CO. The highest BCUT2D eigenvalue weighted by molar-refractivity contribution is 7.99. The summed E-state index contributed by atoms with van der Waals surface area (Å²) in [5.41, 5.74) is 0. The van der Waals surface area contributed by atoms with Gasteiger partial charge in [-0.15, -0.1) is 11.8 Å². The number of aliphatic hydroxyl groups excluding tert-OH is 1. The van der Waals surface area contributed by atoms with Gasteiger partial charge in [-0.1, -0.05) is 13.8 Å². The van der Waals surface area contributed by atoms with Crippen LogP contribution in [0.25, 0.3) is 0 Å². The molecule has 0 fully saturated rings. The standard InChI is InChI=1S/C11H22O4S/c1-4-9(13)7-16-8-11(14-3)15-10(5-2)6-12/h10-12H,4-8H2,1-3H3. The van der Waals surface area contributed by atoms with Gasteiger partial charge in [0.25, 0.3) is 0 Å². The van der Waals surface area contributed by atoms with Crippen molar-refractivity contribution in [3.05, 3.63) is 0 Å². The van der Waals surface area contributed by atoms with Crippen LogP contribution in [0.15, 0.2) is 0 Å². The Labute approximate surface area is 102 Å². The molecule has 0 aliphatic rings. The number of ether oxygens (including phenoxy) is 2. The highest BCUT2D eigenvalue weighted by Gasteiger charge is 2.14. The van der Waals surface area contributed by atoms with Crippen molar-refractivity contribution in [1.82, 2.24) is 0 Å². The number of hydrogen-bond acceptors (Lipinski definition) is 5. The van der Waals surface area contributed by atoms with Crippen LogP contribution >= 0.6 is 11.8 Å². The van der Waals surface area contributed by atoms with E-state index in [2.05, 4.69) is 0 Å². The lowest BCUT2D eigenvalue weighted by Crippen LogP contribution is -2.28. The minimum absolute atomic E-state index is 0.00504. The number of rotatable bonds is 10. The molecule has 0 heterocycles. The molecule has 0 radical (unpaired) electrons. The Morgan fingerprint density at radius 2 is 2.12 bits per heavy atom. The average molecular weight is 250 g/mol. The lowest BCUT2D eigenvalue weighted by Gasteiger charge is -2.21. The van der Waals surface area contributed by atoms with Crippen molar-refractivity contribution >= 4 is 17.5 Å². The zero-order valence-electron chi connectivity index (χ0n) is 10.3. The lowest BCUT2D eigenvalue weighted by atomic mass is 10.3. The maximum absolute atomic E-state index is 11.1. The first kappa shape index (κ1) is 15.9. The van der Waals surface area contributed by atoms with Crippen molar-refractivity contribution in [2.24, 2.45) is 0 Å². The molecule has 0 saturated heterocycles. The highest BCUT2D eigenvalue weighted by atomic mass is 32.2. The maximum Gasteiger partial charge on any atom is 0.166 e. The Kier molecular flexibility index (Phi) is 10.0. The molecule has 0 saturated carbocycles. The van der Waals surface area contributed by atoms with E-state index in [1.165, 1.54) is 11.8 Å². The Morgan fingerprint density at radius 3 is 2.56 bits per heavy atom. The highest BCUT2D eigenvalue weighted by Crippen LogP contribution is 2.11. The number of carbonyl (C=O) groups is 1. The van der Waals surface area contributed by atoms with Crippen molar-refractivity contribution in [2.75, 3.05) is 25.2 Å². The molecule has 0 aromatic rings. The quantitative estimate of drug-likeness (QED) is 0.595. The van der Waals surface area contributed by atoms with Crippen LogP contribution in [0.3, 0.4) is 0 Å². The first-order valence-corrected chi connectivity index (χ1v) is 6.71. The number of hydrogen-bond donors (Lipinski definition) is 1. The smallest absolute Gasteiger partial charge is 0.166 e. The summed E-state index contributed by atoms with van der Waals surface area (Å²) in [4.78, 5) is 11.1. The van der Waals surface area contributed by atoms with Gasteiger partial charge in [-0.3, -0.25) is 4.79 Å². The molecule has 0 aliphatic carbocycles. The molecule has 0 amide bonds. The predicted molar refractivity (Wildman–Crippen MR) is 65.7 cm³/mol. The van der Waals surface area contributed by atoms with Crippen molar-refractivity contribution in [1.29, 1.82) is 0 Å². The van der Waals surface area contributed by atoms with E-state index in [9.17, 15) is 4.79 Å². The summed E-state index contributed by atoms with van der Waals surface area (Å²) >= 11 is 1.50. The van der Waals surface area contributed by atoms with Gasteiger partial charge in [-0.2, -0.15) is 0 Å². The van der Waals surface area contributed by atoms with E-state index in [1.54, 1.807) is 7.11 Å². The molecule has 2 atom stereocenters. The van der Waals surface area contributed by atoms with Gasteiger partial charge >= 0.3 is 0 Å². The second-order valence-electron chi connectivity index (χ2n) is 3.42. The minimum Gasteiger partial charge on any atom is -0.394 e. The fourth-order valence-electron chi connectivity index (χ4n) is 1.02. The van der Waals surface area contributed by atoms with E-state index in [-0.39, 0.29) is 24.8 Å². The maximum atomic E-state index is 11.1. The van der Waals surface area contributed by atoms with Gasteiger partial charge in [0.1, 0.15) is 5.78 Å². The average Bonchev–Trinajstić information content (AvgIpc) is 2.33. The van der Waals surface area contributed by atoms with Crippen LogP contribution in [0, 0.1) is 0 Å². The third kappa shape index (κ3) is 7.22. The molecular weight excluding hydrogens is 228 g/mol. The molecule has 5 heteroatoms. The number of carbonyl (C=O) groups excluding carboxylic acids is 1. The minimum atomic E-state index is -0.355. The molecule has 1 N–H and O–H groups in total. The Bertz CT molecular complexity index is 183. The third-order valence-electron chi connectivity index (χ3n) is 2.18. The van der Waals surface area contributed by atoms with Crippen LogP contribution in [-0.4, -0.2) is 48.5 Å². The van der Waals surface area contributed by atoms with Crippen LogP contribution < -0.4 is 0 Å². The van der Waals surface area contributed by atoms with Gasteiger partial charge in [0.2, 0.25) is 0 Å². The van der Waals surface area contributed by atoms with Gasteiger partial charge in [0.05, 0.1) is 18.5 Å².